The Hall–Kier alpha value is -3.63. The first-order valence-corrected chi connectivity index (χ1v) is 14.3. The number of ether oxygens (including phenoxy) is 1. The molecule has 0 aliphatic carbocycles. The number of anilines is 1. The van der Waals surface area contributed by atoms with E-state index < -0.39 is 11.7 Å². The maximum Gasteiger partial charge on any atom is 0.416 e. The van der Waals surface area contributed by atoms with Crippen LogP contribution in [0.25, 0.3) is 0 Å². The molecule has 3 aromatic rings. The lowest BCUT2D eigenvalue weighted by molar-refractivity contribution is -0.137. The van der Waals surface area contributed by atoms with E-state index in [1.165, 1.54) is 23.3 Å². The van der Waals surface area contributed by atoms with Crippen molar-refractivity contribution in [3.63, 3.8) is 0 Å². The number of rotatable bonds is 8. The predicted molar refractivity (Wildman–Crippen MR) is 156 cm³/mol. The number of nitrogens with one attached hydrogen (secondary N) is 1. The first kappa shape index (κ1) is 29.8. The number of benzene rings is 2. The van der Waals surface area contributed by atoms with Crippen LogP contribution in [-0.4, -0.2) is 72.6 Å². The summed E-state index contributed by atoms with van der Waals surface area (Å²) in [6, 6.07) is 13.2. The van der Waals surface area contributed by atoms with Crippen LogP contribution in [0.1, 0.15) is 34.2 Å². The molecular weight excluding hydrogens is 543 g/mol. The molecule has 7 nitrogen and oxygen atoms in total. The highest BCUT2D eigenvalue weighted by molar-refractivity contribution is 5.82. The summed E-state index contributed by atoms with van der Waals surface area (Å²) in [5.74, 6) is 0.946. The molecule has 10 heteroatoms. The van der Waals surface area contributed by atoms with Crippen molar-refractivity contribution in [2.24, 2.45) is 0 Å². The molecule has 0 saturated carbocycles. The molecule has 2 atom stereocenters. The van der Waals surface area contributed by atoms with E-state index in [0.29, 0.717) is 51.4 Å². The van der Waals surface area contributed by atoms with E-state index >= 15 is 0 Å². The van der Waals surface area contributed by atoms with Crippen molar-refractivity contribution in [1.29, 1.82) is 0 Å². The van der Waals surface area contributed by atoms with Gasteiger partial charge in [-0.1, -0.05) is 18.2 Å². The molecule has 2 aliphatic rings. The van der Waals surface area contributed by atoms with E-state index in [2.05, 4.69) is 35.1 Å². The summed E-state index contributed by atoms with van der Waals surface area (Å²) in [6.07, 6.45) is -0.131. The number of piperazine rings is 1. The highest BCUT2D eigenvalue weighted by Crippen LogP contribution is 2.32. The van der Waals surface area contributed by atoms with Gasteiger partial charge < -0.3 is 19.9 Å². The average molecular weight is 582 g/mol. The number of carbonyl (C=O) groups is 1. The molecule has 0 radical (unpaired) electrons. The Bertz CT molecular complexity index is 1380. The zero-order valence-corrected chi connectivity index (χ0v) is 24.3. The molecule has 5 rings (SSSR count). The van der Waals surface area contributed by atoms with Gasteiger partial charge >= 0.3 is 6.18 Å². The van der Waals surface area contributed by atoms with Crippen LogP contribution in [0.3, 0.4) is 0 Å². The number of carbonyl (C=O) groups excluding carboxylic acids is 1. The molecule has 1 aromatic heterocycles. The van der Waals surface area contributed by atoms with E-state index in [1.807, 2.05) is 34.2 Å². The van der Waals surface area contributed by atoms with Gasteiger partial charge in [-0.2, -0.15) is 13.2 Å². The molecule has 1 amide bonds. The SMILES string of the molecule is COc1ccc(CN[C@@H]2C[C@@H](C(=O)N3CCN(c4cccc(C(F)(F)F)c4)CC3)N(Cc3cccnc3)C2)c(C)c1C. The largest absolute Gasteiger partial charge is 0.496 e. The van der Waals surface area contributed by atoms with Gasteiger partial charge in [-0.15, -0.1) is 0 Å². The molecule has 2 fully saturated rings. The number of amides is 1. The third-order valence-corrected chi connectivity index (χ3v) is 8.58. The van der Waals surface area contributed by atoms with Gasteiger partial charge in [-0.05, 0) is 72.9 Å². The third-order valence-electron chi connectivity index (χ3n) is 8.58. The molecule has 42 heavy (non-hydrogen) atoms. The monoisotopic (exact) mass is 581 g/mol. The van der Waals surface area contributed by atoms with Gasteiger partial charge in [0.2, 0.25) is 5.91 Å². The Morgan fingerprint density at radius 1 is 1.05 bits per heavy atom. The van der Waals surface area contributed by atoms with Gasteiger partial charge in [0.15, 0.2) is 0 Å². The number of methoxy groups -OCH3 is 1. The summed E-state index contributed by atoms with van der Waals surface area (Å²) in [4.78, 5) is 24.1. The Balaban J connectivity index is 1.25. The topological polar surface area (TPSA) is 60.9 Å². The second-order valence-corrected chi connectivity index (χ2v) is 11.2. The highest BCUT2D eigenvalue weighted by atomic mass is 19.4. The fraction of sp³-hybridized carbons (Fsp3) is 0.438. The van der Waals surface area contributed by atoms with Crippen molar-refractivity contribution in [1.82, 2.24) is 20.1 Å². The smallest absolute Gasteiger partial charge is 0.416 e. The molecule has 2 aromatic carbocycles. The van der Waals surface area contributed by atoms with Crippen molar-refractivity contribution in [3.8, 4) is 5.75 Å². The van der Waals surface area contributed by atoms with Gasteiger partial charge in [-0.25, -0.2) is 0 Å². The first-order valence-electron chi connectivity index (χ1n) is 14.3. The van der Waals surface area contributed by atoms with Gasteiger partial charge in [0, 0.05) is 69.9 Å². The normalized spacial score (nSPS) is 19.8. The van der Waals surface area contributed by atoms with Gasteiger partial charge in [0.1, 0.15) is 5.75 Å². The number of aromatic nitrogens is 1. The van der Waals surface area contributed by atoms with Crippen LogP contribution < -0.4 is 15.0 Å². The Morgan fingerprint density at radius 3 is 2.52 bits per heavy atom. The van der Waals surface area contributed by atoms with Crippen LogP contribution in [0, 0.1) is 13.8 Å². The average Bonchev–Trinajstić information content (AvgIpc) is 3.40. The maximum atomic E-state index is 13.9. The molecule has 0 bridgehead atoms. The lowest BCUT2D eigenvalue weighted by Gasteiger charge is -2.38. The van der Waals surface area contributed by atoms with Crippen LogP contribution in [0.2, 0.25) is 0 Å². The van der Waals surface area contributed by atoms with Crippen LogP contribution in [-0.2, 0) is 24.1 Å². The van der Waals surface area contributed by atoms with Crippen molar-refractivity contribution < 1.29 is 22.7 Å². The number of hydrogen-bond donors (Lipinski definition) is 1. The van der Waals surface area contributed by atoms with Crippen molar-refractivity contribution in [3.05, 3.63) is 88.7 Å². The zero-order chi connectivity index (χ0) is 29.9. The van der Waals surface area contributed by atoms with Crippen molar-refractivity contribution >= 4 is 11.6 Å². The summed E-state index contributed by atoms with van der Waals surface area (Å²) in [6.45, 7) is 8.10. The van der Waals surface area contributed by atoms with Crippen LogP contribution in [0.15, 0.2) is 60.9 Å². The molecule has 0 unspecified atom stereocenters. The van der Waals surface area contributed by atoms with Gasteiger partial charge in [0.25, 0.3) is 0 Å². The van der Waals surface area contributed by atoms with Crippen LogP contribution in [0.4, 0.5) is 18.9 Å². The Morgan fingerprint density at radius 2 is 1.83 bits per heavy atom. The van der Waals surface area contributed by atoms with E-state index in [4.69, 9.17) is 4.74 Å². The minimum atomic E-state index is -4.39. The third kappa shape index (κ3) is 6.71. The summed E-state index contributed by atoms with van der Waals surface area (Å²) >= 11 is 0. The molecule has 2 aliphatic heterocycles. The van der Waals surface area contributed by atoms with Gasteiger partial charge in [0.05, 0.1) is 18.7 Å². The van der Waals surface area contributed by atoms with Crippen molar-refractivity contribution in [2.75, 3.05) is 44.7 Å². The number of pyridine rings is 1. The summed E-state index contributed by atoms with van der Waals surface area (Å²) in [7, 11) is 1.68. The lowest BCUT2D eigenvalue weighted by Crippen LogP contribution is -2.53. The van der Waals surface area contributed by atoms with Crippen LogP contribution >= 0.6 is 0 Å². The minimum Gasteiger partial charge on any atom is -0.496 e. The number of halogens is 3. The number of nitrogens with zero attached hydrogens (tertiary/aromatic N) is 4. The molecule has 1 N–H and O–H groups in total. The summed E-state index contributed by atoms with van der Waals surface area (Å²) < 4.78 is 45.1. The summed E-state index contributed by atoms with van der Waals surface area (Å²) in [5.41, 5.74) is 4.44. The van der Waals surface area contributed by atoms with E-state index in [1.54, 1.807) is 19.4 Å². The van der Waals surface area contributed by atoms with Crippen molar-refractivity contribution in [2.45, 2.75) is 51.6 Å². The predicted octanol–water partition coefficient (Wildman–Crippen LogP) is 4.81. The molecule has 0 spiro atoms. The van der Waals surface area contributed by atoms with E-state index in [0.717, 1.165) is 29.5 Å². The maximum absolute atomic E-state index is 13.9. The summed E-state index contributed by atoms with van der Waals surface area (Å²) in [5, 5.41) is 3.68. The fourth-order valence-corrected chi connectivity index (χ4v) is 6.00. The minimum absolute atomic E-state index is 0.0726. The number of alkyl halides is 3. The molecule has 2 saturated heterocycles. The molecule has 3 heterocycles. The fourth-order valence-electron chi connectivity index (χ4n) is 6.00. The molecular formula is C32H38F3N5O2. The van der Waals surface area contributed by atoms with Gasteiger partial charge in [-0.3, -0.25) is 14.7 Å². The Kier molecular flexibility index (Phi) is 9.03. The first-order chi connectivity index (χ1) is 20.1. The second kappa shape index (κ2) is 12.7. The van der Waals surface area contributed by atoms with E-state index in [-0.39, 0.29) is 18.0 Å². The lowest BCUT2D eigenvalue weighted by atomic mass is 10.0. The number of hydrogen-bond acceptors (Lipinski definition) is 6. The standard InChI is InChI=1S/C32H38F3N5O2/c1-22-23(2)30(42-3)10-9-25(22)19-37-27-17-29(40(21-27)20-24-6-5-11-36-18-24)31(41)39-14-12-38(13-15-39)28-8-4-7-26(16-28)32(33,34)35/h4-11,16,18,27,29,37H,12-15,17,19-21H2,1-3H3/t27-,29+/m1/s1. The Labute approximate surface area is 245 Å². The quantitative estimate of drug-likeness (QED) is 0.412. The second-order valence-electron chi connectivity index (χ2n) is 11.2. The molecule has 224 valence electrons. The highest BCUT2D eigenvalue weighted by Gasteiger charge is 2.39. The number of likely N-dealkylation sites (tertiary alicyclic amines) is 1. The van der Waals surface area contributed by atoms with E-state index in [9.17, 15) is 18.0 Å². The zero-order valence-electron chi connectivity index (χ0n) is 24.3. The van der Waals surface area contributed by atoms with Crippen LogP contribution in [0.5, 0.6) is 5.75 Å².